The lowest BCUT2D eigenvalue weighted by atomic mass is 9.88. The zero-order valence-corrected chi connectivity index (χ0v) is 12.2. The monoisotopic (exact) mass is 301 g/mol. The van der Waals surface area contributed by atoms with Gasteiger partial charge in [0.2, 0.25) is 0 Å². The molecule has 0 radical (unpaired) electrons. The molecule has 0 aliphatic heterocycles. The third-order valence-corrected chi connectivity index (χ3v) is 3.97. The number of fused-ring (bicyclic) bond motifs is 1. The van der Waals surface area contributed by atoms with E-state index in [4.69, 9.17) is 17.3 Å². The van der Waals surface area contributed by atoms with E-state index in [0.29, 0.717) is 10.6 Å². The lowest BCUT2D eigenvalue weighted by Crippen LogP contribution is -2.38. The maximum atomic E-state index is 12.2. The van der Waals surface area contributed by atoms with Gasteiger partial charge in [-0.2, -0.15) is 0 Å². The second-order valence-corrected chi connectivity index (χ2v) is 5.77. The van der Waals surface area contributed by atoms with Gasteiger partial charge in [-0.05, 0) is 48.6 Å². The van der Waals surface area contributed by atoms with Crippen LogP contribution in [0.3, 0.4) is 0 Å². The van der Waals surface area contributed by atoms with Crippen molar-refractivity contribution in [2.24, 2.45) is 0 Å². The normalized spacial score (nSPS) is 17.1. The number of halogens is 1. The Morgan fingerprint density at radius 3 is 2.95 bits per heavy atom. The fraction of sp³-hybridized carbons (Fsp3) is 0.250. The number of anilines is 1. The van der Waals surface area contributed by atoms with Crippen molar-refractivity contribution in [2.75, 3.05) is 5.73 Å². The van der Waals surface area contributed by atoms with Gasteiger partial charge in [0, 0.05) is 24.1 Å². The molecule has 1 heterocycles. The van der Waals surface area contributed by atoms with Crippen LogP contribution in [0.25, 0.3) is 0 Å². The minimum atomic E-state index is -0.131. The lowest BCUT2D eigenvalue weighted by Gasteiger charge is -2.25. The van der Waals surface area contributed by atoms with Crippen LogP contribution in [0.15, 0.2) is 36.7 Å². The van der Waals surface area contributed by atoms with Crippen LogP contribution in [0.5, 0.6) is 0 Å². The number of nitrogens with zero attached hydrogens (tertiary/aromatic N) is 1. The van der Waals surface area contributed by atoms with Gasteiger partial charge in [-0.1, -0.05) is 17.7 Å². The number of hydrogen-bond donors (Lipinski definition) is 2. The molecule has 1 atom stereocenters. The van der Waals surface area contributed by atoms with Crippen LogP contribution in [0.1, 0.15) is 27.9 Å². The van der Waals surface area contributed by atoms with E-state index in [1.165, 1.54) is 23.5 Å². The van der Waals surface area contributed by atoms with Gasteiger partial charge in [0.25, 0.3) is 5.91 Å². The van der Waals surface area contributed by atoms with E-state index in [9.17, 15) is 4.79 Å². The summed E-state index contributed by atoms with van der Waals surface area (Å²) in [5.74, 6) is -0.131. The van der Waals surface area contributed by atoms with E-state index >= 15 is 0 Å². The van der Waals surface area contributed by atoms with Crippen LogP contribution < -0.4 is 11.1 Å². The van der Waals surface area contributed by atoms with Gasteiger partial charge in [-0.15, -0.1) is 0 Å². The molecular weight excluding hydrogens is 286 g/mol. The number of aryl methyl sites for hydroxylation is 1. The third kappa shape index (κ3) is 3.16. The molecule has 1 aliphatic carbocycles. The van der Waals surface area contributed by atoms with Gasteiger partial charge in [0.05, 0.1) is 10.6 Å². The number of hydrogen-bond acceptors (Lipinski definition) is 3. The Balaban J connectivity index is 1.70. The molecule has 108 valence electrons. The van der Waals surface area contributed by atoms with E-state index < -0.39 is 0 Å². The van der Waals surface area contributed by atoms with Gasteiger partial charge >= 0.3 is 0 Å². The van der Waals surface area contributed by atoms with Crippen LogP contribution in [-0.4, -0.2) is 16.9 Å². The summed E-state index contributed by atoms with van der Waals surface area (Å²) in [4.78, 5) is 16.1. The second kappa shape index (κ2) is 5.74. The summed E-state index contributed by atoms with van der Waals surface area (Å²) in [7, 11) is 0. The van der Waals surface area contributed by atoms with Crippen LogP contribution in [0, 0.1) is 0 Å². The lowest BCUT2D eigenvalue weighted by molar-refractivity contribution is 0.0933. The Morgan fingerprint density at radius 2 is 2.14 bits per heavy atom. The Hall–Kier alpha value is -2.07. The average molecular weight is 302 g/mol. The Morgan fingerprint density at radius 1 is 1.29 bits per heavy atom. The standard InChI is InChI=1S/C16H16ClN3O/c17-13-5-12(8-19-9-13)16(21)20-15-4-2-10-6-14(18)3-1-11(10)7-15/h1,3,5-6,8-9,15H,2,4,7,18H2,(H,20,21). The first-order valence-corrected chi connectivity index (χ1v) is 7.28. The number of carbonyl (C=O) groups excluding carboxylic acids is 1. The molecule has 2 aromatic rings. The number of carbonyl (C=O) groups is 1. The second-order valence-electron chi connectivity index (χ2n) is 5.33. The van der Waals surface area contributed by atoms with Gasteiger partial charge in [-0.3, -0.25) is 9.78 Å². The Labute approximate surface area is 128 Å². The number of nitrogens with two attached hydrogens (primary N) is 1. The van der Waals surface area contributed by atoms with Crippen LogP contribution in [0.2, 0.25) is 5.02 Å². The summed E-state index contributed by atoms with van der Waals surface area (Å²) in [5, 5.41) is 3.51. The largest absolute Gasteiger partial charge is 0.399 e. The SMILES string of the molecule is Nc1ccc2c(c1)CCC(NC(=O)c1cncc(Cl)c1)C2. The zero-order valence-electron chi connectivity index (χ0n) is 11.5. The van der Waals surface area contributed by atoms with Crippen molar-refractivity contribution in [1.82, 2.24) is 10.3 Å². The highest BCUT2D eigenvalue weighted by molar-refractivity contribution is 6.30. The molecule has 5 heteroatoms. The van der Waals surface area contributed by atoms with Gasteiger partial charge < -0.3 is 11.1 Å². The van der Waals surface area contributed by atoms with Crippen molar-refractivity contribution in [3.05, 3.63) is 58.4 Å². The molecule has 1 aromatic heterocycles. The van der Waals surface area contributed by atoms with Crippen LogP contribution in [-0.2, 0) is 12.8 Å². The van der Waals surface area contributed by atoms with E-state index in [0.717, 1.165) is 24.9 Å². The number of rotatable bonds is 2. The molecule has 0 saturated carbocycles. The van der Waals surface area contributed by atoms with E-state index in [1.54, 1.807) is 6.07 Å². The first-order valence-electron chi connectivity index (χ1n) is 6.90. The smallest absolute Gasteiger partial charge is 0.253 e. The molecule has 1 amide bonds. The highest BCUT2D eigenvalue weighted by Gasteiger charge is 2.21. The number of amides is 1. The summed E-state index contributed by atoms with van der Waals surface area (Å²) in [6, 6.07) is 7.73. The van der Waals surface area contributed by atoms with Gasteiger partial charge in [0.1, 0.15) is 0 Å². The van der Waals surface area contributed by atoms with Gasteiger partial charge in [0.15, 0.2) is 0 Å². The van der Waals surface area contributed by atoms with E-state index in [-0.39, 0.29) is 11.9 Å². The number of pyridine rings is 1. The van der Waals surface area contributed by atoms with Crippen molar-refractivity contribution >= 4 is 23.2 Å². The van der Waals surface area contributed by atoms with E-state index in [2.05, 4.69) is 10.3 Å². The average Bonchev–Trinajstić information content (AvgIpc) is 2.47. The maximum Gasteiger partial charge on any atom is 0.253 e. The highest BCUT2D eigenvalue weighted by Crippen LogP contribution is 2.23. The predicted octanol–water partition coefficient (Wildman–Crippen LogP) is 2.60. The molecular formula is C16H16ClN3O. The maximum absolute atomic E-state index is 12.2. The fourth-order valence-corrected chi connectivity index (χ4v) is 2.88. The summed E-state index contributed by atoms with van der Waals surface area (Å²) in [5.41, 5.74) is 9.62. The number of benzene rings is 1. The van der Waals surface area contributed by atoms with Crippen LogP contribution in [0.4, 0.5) is 5.69 Å². The minimum Gasteiger partial charge on any atom is -0.399 e. The predicted molar refractivity (Wildman–Crippen MR) is 83.4 cm³/mol. The molecule has 3 N–H and O–H groups in total. The Bertz CT molecular complexity index is 687. The number of aromatic nitrogens is 1. The molecule has 3 rings (SSSR count). The molecule has 0 saturated heterocycles. The summed E-state index contributed by atoms with van der Waals surface area (Å²) >= 11 is 5.86. The van der Waals surface area contributed by atoms with Crippen molar-refractivity contribution in [1.29, 1.82) is 0 Å². The highest BCUT2D eigenvalue weighted by atomic mass is 35.5. The molecule has 1 aliphatic rings. The quantitative estimate of drug-likeness (QED) is 0.838. The summed E-state index contributed by atoms with van der Waals surface area (Å²) in [6.07, 6.45) is 5.71. The zero-order chi connectivity index (χ0) is 14.8. The molecule has 0 spiro atoms. The summed E-state index contributed by atoms with van der Waals surface area (Å²) in [6.45, 7) is 0. The number of nitrogen functional groups attached to an aromatic ring is 1. The topological polar surface area (TPSA) is 68.0 Å². The summed E-state index contributed by atoms with van der Waals surface area (Å²) < 4.78 is 0. The minimum absolute atomic E-state index is 0.131. The number of nitrogens with one attached hydrogen (secondary N) is 1. The van der Waals surface area contributed by atoms with Crippen LogP contribution >= 0.6 is 11.6 Å². The molecule has 21 heavy (non-hydrogen) atoms. The van der Waals surface area contributed by atoms with Gasteiger partial charge in [-0.25, -0.2) is 0 Å². The van der Waals surface area contributed by atoms with Crippen molar-refractivity contribution < 1.29 is 4.79 Å². The first-order chi connectivity index (χ1) is 10.1. The fourth-order valence-electron chi connectivity index (χ4n) is 2.70. The van der Waals surface area contributed by atoms with Crippen molar-refractivity contribution in [3.63, 3.8) is 0 Å². The van der Waals surface area contributed by atoms with Crippen molar-refractivity contribution in [2.45, 2.75) is 25.3 Å². The first kappa shape index (κ1) is 13.9. The molecule has 1 aromatic carbocycles. The van der Waals surface area contributed by atoms with E-state index in [1.807, 2.05) is 18.2 Å². The van der Waals surface area contributed by atoms with Crippen molar-refractivity contribution in [3.8, 4) is 0 Å². The molecule has 4 nitrogen and oxygen atoms in total. The molecule has 1 unspecified atom stereocenters. The molecule has 0 bridgehead atoms. The third-order valence-electron chi connectivity index (χ3n) is 3.76. The molecule has 0 fully saturated rings. The Kier molecular flexibility index (Phi) is 3.80.